The number of aromatic nitrogens is 1. The van der Waals surface area contributed by atoms with E-state index >= 15 is 0 Å². The predicted octanol–water partition coefficient (Wildman–Crippen LogP) is 4.18. The molecule has 0 bridgehead atoms. The molecule has 1 aliphatic heterocycles. The van der Waals surface area contributed by atoms with Crippen molar-refractivity contribution in [1.29, 1.82) is 0 Å². The summed E-state index contributed by atoms with van der Waals surface area (Å²) in [7, 11) is 1.58. The molecule has 0 saturated carbocycles. The lowest BCUT2D eigenvalue weighted by Gasteiger charge is -2.20. The van der Waals surface area contributed by atoms with Gasteiger partial charge in [0, 0.05) is 18.3 Å². The van der Waals surface area contributed by atoms with E-state index in [0.29, 0.717) is 23.1 Å². The van der Waals surface area contributed by atoms with Gasteiger partial charge in [-0.2, -0.15) is 0 Å². The molecular formula is C20H19N3O3S2. The van der Waals surface area contributed by atoms with Crippen molar-refractivity contribution in [2.75, 3.05) is 23.9 Å². The fraction of sp³-hybridized carbons (Fsp3) is 0.250. The number of hydrogen-bond donors (Lipinski definition) is 1. The van der Waals surface area contributed by atoms with E-state index in [-0.39, 0.29) is 18.2 Å². The molecule has 3 heterocycles. The number of carbonyl (C=O) groups excluding carboxylic acids is 2. The smallest absolute Gasteiger partial charge is 0.231 e. The lowest BCUT2D eigenvalue weighted by molar-refractivity contribution is -0.122. The van der Waals surface area contributed by atoms with Gasteiger partial charge >= 0.3 is 0 Å². The molecule has 0 aliphatic carbocycles. The Hall–Kier alpha value is -2.71. The van der Waals surface area contributed by atoms with Crippen LogP contribution in [0.3, 0.4) is 0 Å². The predicted molar refractivity (Wildman–Crippen MR) is 112 cm³/mol. The van der Waals surface area contributed by atoms with Crippen LogP contribution < -0.4 is 15.0 Å². The van der Waals surface area contributed by atoms with Crippen molar-refractivity contribution in [2.24, 2.45) is 5.92 Å². The maximum Gasteiger partial charge on any atom is 0.231 e. The number of methoxy groups -OCH3 is 1. The number of amides is 2. The quantitative estimate of drug-likeness (QED) is 0.681. The van der Waals surface area contributed by atoms with Crippen molar-refractivity contribution in [3.63, 3.8) is 0 Å². The molecule has 1 saturated heterocycles. The van der Waals surface area contributed by atoms with Crippen LogP contribution in [0.1, 0.15) is 12.0 Å². The average Bonchev–Trinajstić information content (AvgIpc) is 3.42. The maximum atomic E-state index is 12.7. The molecule has 1 N–H and O–H groups in total. The third kappa shape index (κ3) is 3.65. The zero-order valence-electron chi connectivity index (χ0n) is 15.5. The van der Waals surface area contributed by atoms with Gasteiger partial charge in [-0.25, -0.2) is 4.98 Å². The van der Waals surface area contributed by atoms with Crippen LogP contribution >= 0.6 is 22.7 Å². The molecule has 6 nitrogen and oxygen atoms in total. The van der Waals surface area contributed by atoms with Gasteiger partial charge < -0.3 is 15.0 Å². The van der Waals surface area contributed by atoms with Crippen LogP contribution in [0.15, 0.2) is 41.1 Å². The first-order valence-corrected chi connectivity index (χ1v) is 10.6. The molecule has 1 unspecified atom stereocenters. The highest BCUT2D eigenvalue weighted by Gasteiger charge is 2.36. The van der Waals surface area contributed by atoms with E-state index in [0.717, 1.165) is 16.1 Å². The minimum Gasteiger partial charge on any atom is -0.495 e. The van der Waals surface area contributed by atoms with Crippen molar-refractivity contribution in [3.05, 3.63) is 46.7 Å². The lowest BCUT2D eigenvalue weighted by Crippen LogP contribution is -2.28. The molecule has 1 atom stereocenters. The highest BCUT2D eigenvalue weighted by atomic mass is 32.1. The monoisotopic (exact) mass is 413 g/mol. The molecule has 2 amide bonds. The number of aryl methyl sites for hydroxylation is 1. The Labute approximate surface area is 170 Å². The normalized spacial score (nSPS) is 16.4. The summed E-state index contributed by atoms with van der Waals surface area (Å²) in [6, 6.07) is 9.64. The average molecular weight is 414 g/mol. The SMILES string of the molecule is COc1ccc(C)cc1N1CC(C(=O)Nc2nc(-c3cccs3)cs2)CC1=O. The number of rotatable bonds is 5. The molecule has 0 radical (unpaired) electrons. The summed E-state index contributed by atoms with van der Waals surface area (Å²) in [5.74, 6) is -0.0654. The Morgan fingerprint density at radius 1 is 1.32 bits per heavy atom. The number of nitrogens with one attached hydrogen (secondary N) is 1. The first kappa shape index (κ1) is 18.6. The number of anilines is 2. The largest absolute Gasteiger partial charge is 0.495 e. The summed E-state index contributed by atoms with van der Waals surface area (Å²) in [4.78, 5) is 32.4. The fourth-order valence-electron chi connectivity index (χ4n) is 3.20. The van der Waals surface area contributed by atoms with Crippen LogP contribution in [-0.4, -0.2) is 30.5 Å². The summed E-state index contributed by atoms with van der Waals surface area (Å²) >= 11 is 2.99. The number of thiazole rings is 1. The molecule has 1 aliphatic rings. The maximum absolute atomic E-state index is 12.7. The first-order chi connectivity index (χ1) is 13.5. The second-order valence-electron chi connectivity index (χ2n) is 6.59. The van der Waals surface area contributed by atoms with E-state index in [2.05, 4.69) is 10.3 Å². The van der Waals surface area contributed by atoms with E-state index in [1.165, 1.54) is 11.3 Å². The number of nitrogens with zero attached hydrogens (tertiary/aromatic N) is 2. The number of thiophene rings is 1. The molecule has 1 fully saturated rings. The van der Waals surface area contributed by atoms with Gasteiger partial charge in [-0.3, -0.25) is 9.59 Å². The minimum atomic E-state index is -0.424. The zero-order valence-corrected chi connectivity index (χ0v) is 17.1. The van der Waals surface area contributed by atoms with Crippen LogP contribution in [0.4, 0.5) is 10.8 Å². The highest BCUT2D eigenvalue weighted by Crippen LogP contribution is 2.34. The second-order valence-corrected chi connectivity index (χ2v) is 8.39. The molecule has 2 aromatic heterocycles. The van der Waals surface area contributed by atoms with E-state index in [4.69, 9.17) is 4.74 Å². The van der Waals surface area contributed by atoms with E-state index in [1.54, 1.807) is 23.3 Å². The standard InChI is InChI=1S/C20H19N3O3S2/c1-12-5-6-16(26-2)15(8-12)23-10-13(9-18(23)24)19(25)22-20-21-14(11-28-20)17-4-3-7-27-17/h3-8,11,13H,9-10H2,1-2H3,(H,21,22,25). The zero-order chi connectivity index (χ0) is 19.7. The van der Waals surface area contributed by atoms with Crippen LogP contribution in [0, 0.1) is 12.8 Å². The van der Waals surface area contributed by atoms with Gasteiger partial charge in [-0.1, -0.05) is 12.1 Å². The molecule has 144 valence electrons. The molecule has 1 aromatic carbocycles. The Kier molecular flexibility index (Phi) is 5.15. The van der Waals surface area contributed by atoms with Gasteiger partial charge in [0.15, 0.2) is 5.13 Å². The second kappa shape index (κ2) is 7.73. The van der Waals surface area contributed by atoms with Crippen LogP contribution in [0.25, 0.3) is 10.6 Å². The van der Waals surface area contributed by atoms with Crippen LogP contribution in [0.2, 0.25) is 0 Å². The van der Waals surface area contributed by atoms with Crippen molar-refractivity contribution in [2.45, 2.75) is 13.3 Å². The van der Waals surface area contributed by atoms with Gasteiger partial charge in [-0.15, -0.1) is 22.7 Å². The van der Waals surface area contributed by atoms with Crippen LogP contribution in [0.5, 0.6) is 5.75 Å². The van der Waals surface area contributed by atoms with Gasteiger partial charge in [0.25, 0.3) is 0 Å². The number of carbonyl (C=O) groups is 2. The highest BCUT2D eigenvalue weighted by molar-refractivity contribution is 7.16. The summed E-state index contributed by atoms with van der Waals surface area (Å²) in [5.41, 5.74) is 2.58. The summed E-state index contributed by atoms with van der Waals surface area (Å²) in [6.45, 7) is 2.29. The molecule has 28 heavy (non-hydrogen) atoms. The Bertz CT molecular complexity index is 1010. The van der Waals surface area contributed by atoms with Crippen molar-refractivity contribution in [3.8, 4) is 16.3 Å². The number of benzene rings is 1. The van der Waals surface area contributed by atoms with E-state index < -0.39 is 5.92 Å². The summed E-state index contributed by atoms with van der Waals surface area (Å²) in [5, 5.41) is 7.32. The number of hydrogen-bond acceptors (Lipinski definition) is 6. The summed E-state index contributed by atoms with van der Waals surface area (Å²) < 4.78 is 5.39. The molecule has 0 spiro atoms. The van der Waals surface area contributed by atoms with Gasteiger partial charge in [0.1, 0.15) is 5.75 Å². The van der Waals surface area contributed by atoms with Crippen LogP contribution in [-0.2, 0) is 9.59 Å². The fourth-order valence-corrected chi connectivity index (χ4v) is 4.68. The Morgan fingerprint density at radius 2 is 2.18 bits per heavy atom. The minimum absolute atomic E-state index is 0.0811. The first-order valence-electron chi connectivity index (χ1n) is 8.80. The van der Waals surface area contributed by atoms with E-state index in [9.17, 15) is 9.59 Å². The molecule has 3 aromatic rings. The van der Waals surface area contributed by atoms with Gasteiger partial charge in [-0.05, 0) is 36.1 Å². The number of ether oxygens (including phenoxy) is 1. The van der Waals surface area contributed by atoms with Gasteiger partial charge in [0.2, 0.25) is 11.8 Å². The molecular weight excluding hydrogens is 394 g/mol. The van der Waals surface area contributed by atoms with Crippen molar-refractivity contribution >= 4 is 45.3 Å². The van der Waals surface area contributed by atoms with Crippen molar-refractivity contribution < 1.29 is 14.3 Å². The summed E-state index contributed by atoms with van der Waals surface area (Å²) in [6.07, 6.45) is 0.173. The third-order valence-corrected chi connectivity index (χ3v) is 6.28. The van der Waals surface area contributed by atoms with E-state index in [1.807, 2.05) is 48.0 Å². The lowest BCUT2D eigenvalue weighted by atomic mass is 10.1. The van der Waals surface area contributed by atoms with Crippen molar-refractivity contribution in [1.82, 2.24) is 4.98 Å². The van der Waals surface area contributed by atoms with Gasteiger partial charge in [0.05, 0.1) is 29.3 Å². The topological polar surface area (TPSA) is 71.5 Å². The Morgan fingerprint density at radius 3 is 2.93 bits per heavy atom. The molecule has 4 rings (SSSR count). The molecule has 8 heteroatoms. The third-order valence-electron chi connectivity index (χ3n) is 4.63. The Balaban J connectivity index is 1.47.